The van der Waals surface area contributed by atoms with Crippen LogP contribution in [0.25, 0.3) is 0 Å². The number of ether oxygens (including phenoxy) is 1. The molecule has 8 heteroatoms. The van der Waals surface area contributed by atoms with Crippen LogP contribution < -0.4 is 5.32 Å². The van der Waals surface area contributed by atoms with Crippen molar-refractivity contribution in [2.45, 2.75) is 25.6 Å². The predicted octanol–water partition coefficient (Wildman–Crippen LogP) is 3.11. The largest absolute Gasteiger partial charge is 0.414 e. The molecule has 0 unspecified atom stereocenters. The quantitative estimate of drug-likeness (QED) is 0.885. The summed E-state index contributed by atoms with van der Waals surface area (Å²) in [6.45, 7) is 0.890. The number of halogens is 3. The van der Waals surface area contributed by atoms with Crippen LogP contribution in [-0.4, -0.2) is 30.0 Å². The van der Waals surface area contributed by atoms with E-state index in [-0.39, 0.29) is 12.2 Å². The molecule has 2 rings (SSSR count). The van der Waals surface area contributed by atoms with Crippen LogP contribution in [-0.2, 0) is 16.0 Å². The van der Waals surface area contributed by atoms with Crippen LogP contribution in [0.3, 0.4) is 0 Å². The number of aromatic nitrogens is 1. The first-order valence-electron chi connectivity index (χ1n) is 6.80. The molecule has 5 nitrogen and oxygen atoms in total. The summed E-state index contributed by atoms with van der Waals surface area (Å²) in [7, 11) is 0. The minimum Gasteiger partial charge on any atom is -0.360 e. The molecular weight excluding hydrogens is 313 g/mol. The fraction of sp³-hybridized carbons (Fsp3) is 0.333. The summed E-state index contributed by atoms with van der Waals surface area (Å²) in [5.41, 5.74) is 0.474. The molecule has 0 aliphatic rings. The first kappa shape index (κ1) is 17.0. The summed E-state index contributed by atoms with van der Waals surface area (Å²) in [5, 5.41) is 5.81. The number of carbonyl (C=O) groups excluding carboxylic acids is 1. The Morgan fingerprint density at radius 2 is 2.04 bits per heavy atom. The minimum absolute atomic E-state index is 0.128. The highest BCUT2D eigenvalue weighted by Gasteiger charge is 2.40. The van der Waals surface area contributed by atoms with Crippen LogP contribution in [0.5, 0.6) is 0 Å². The van der Waals surface area contributed by atoms with Crippen LogP contribution in [0, 0.1) is 6.92 Å². The summed E-state index contributed by atoms with van der Waals surface area (Å²) in [5.74, 6) is -0.137. The molecule has 0 bridgehead atoms. The Morgan fingerprint density at radius 3 is 2.61 bits per heavy atom. The average Bonchev–Trinajstić information content (AvgIpc) is 2.88. The van der Waals surface area contributed by atoms with Crippen molar-refractivity contribution in [1.82, 2.24) is 5.16 Å². The van der Waals surface area contributed by atoms with Crippen molar-refractivity contribution < 1.29 is 27.2 Å². The molecule has 0 saturated heterocycles. The van der Waals surface area contributed by atoms with Gasteiger partial charge < -0.3 is 14.6 Å². The van der Waals surface area contributed by atoms with E-state index in [0.717, 1.165) is 0 Å². The maximum Gasteiger partial charge on any atom is 0.414 e. The number of hydrogen-bond acceptors (Lipinski definition) is 4. The Labute approximate surface area is 130 Å². The molecule has 1 heterocycles. The van der Waals surface area contributed by atoms with Gasteiger partial charge in [-0.1, -0.05) is 35.5 Å². The number of carbonyl (C=O) groups is 1. The highest BCUT2D eigenvalue weighted by atomic mass is 19.4. The number of benzene rings is 1. The van der Waals surface area contributed by atoms with Gasteiger partial charge in [0.25, 0.3) is 5.91 Å². The number of nitrogens with zero attached hydrogens (tertiary/aromatic N) is 1. The summed E-state index contributed by atoms with van der Waals surface area (Å²) in [4.78, 5) is 11.6. The number of amides is 1. The molecular formula is C15H15F3N2O3. The van der Waals surface area contributed by atoms with E-state index < -0.39 is 24.8 Å². The van der Waals surface area contributed by atoms with Crippen molar-refractivity contribution in [1.29, 1.82) is 0 Å². The molecule has 1 amide bonds. The zero-order valence-corrected chi connectivity index (χ0v) is 12.3. The number of nitrogens with one attached hydrogen (secondary N) is 1. The highest BCUT2D eigenvalue weighted by Crippen LogP contribution is 2.26. The maximum absolute atomic E-state index is 13.0. The Morgan fingerprint density at radius 1 is 1.35 bits per heavy atom. The molecule has 0 saturated carbocycles. The molecule has 1 atom stereocenters. The first-order valence-corrected chi connectivity index (χ1v) is 6.80. The maximum atomic E-state index is 13.0. The lowest BCUT2D eigenvalue weighted by Crippen LogP contribution is -2.36. The number of alkyl halides is 3. The summed E-state index contributed by atoms with van der Waals surface area (Å²) >= 11 is 0. The lowest BCUT2D eigenvalue weighted by Gasteiger charge is -2.20. The molecule has 124 valence electrons. The van der Waals surface area contributed by atoms with Crippen molar-refractivity contribution in [2.24, 2.45) is 0 Å². The van der Waals surface area contributed by atoms with Crippen molar-refractivity contribution in [3.05, 3.63) is 47.7 Å². The molecule has 0 fully saturated rings. The monoisotopic (exact) mass is 328 g/mol. The fourth-order valence-corrected chi connectivity index (χ4v) is 1.88. The van der Waals surface area contributed by atoms with Gasteiger partial charge in [0.15, 0.2) is 11.9 Å². The Bertz CT molecular complexity index is 641. The van der Waals surface area contributed by atoms with Gasteiger partial charge in [-0.25, -0.2) is 0 Å². The van der Waals surface area contributed by atoms with E-state index in [4.69, 9.17) is 9.26 Å². The fourth-order valence-electron chi connectivity index (χ4n) is 1.88. The van der Waals surface area contributed by atoms with Gasteiger partial charge in [0.1, 0.15) is 12.4 Å². The van der Waals surface area contributed by atoms with Crippen LogP contribution in [0.1, 0.15) is 11.3 Å². The zero-order valence-electron chi connectivity index (χ0n) is 12.3. The van der Waals surface area contributed by atoms with Gasteiger partial charge >= 0.3 is 6.18 Å². The van der Waals surface area contributed by atoms with Gasteiger partial charge in [0.05, 0.1) is 0 Å². The molecule has 1 N–H and O–H groups in total. The van der Waals surface area contributed by atoms with Gasteiger partial charge in [0.2, 0.25) is 0 Å². The third kappa shape index (κ3) is 5.41. The molecule has 23 heavy (non-hydrogen) atoms. The van der Waals surface area contributed by atoms with E-state index in [1.54, 1.807) is 37.3 Å². The van der Waals surface area contributed by atoms with E-state index in [0.29, 0.717) is 11.3 Å². The Kier molecular flexibility index (Phi) is 5.38. The summed E-state index contributed by atoms with van der Waals surface area (Å²) in [6, 6.07) is 9.58. The molecule has 2 aromatic rings. The SMILES string of the molecule is Cc1cc(NC(=O)CO[C@H](Cc2ccccc2)C(F)(F)F)no1. The second kappa shape index (κ2) is 7.28. The molecule has 0 spiro atoms. The molecule has 0 aliphatic carbocycles. The second-order valence-corrected chi connectivity index (χ2v) is 4.90. The Balaban J connectivity index is 1.91. The van der Waals surface area contributed by atoms with Crippen molar-refractivity contribution in [2.75, 3.05) is 11.9 Å². The van der Waals surface area contributed by atoms with Gasteiger partial charge in [-0.3, -0.25) is 4.79 Å². The molecule has 0 aliphatic heterocycles. The lowest BCUT2D eigenvalue weighted by molar-refractivity contribution is -0.218. The van der Waals surface area contributed by atoms with Gasteiger partial charge in [-0.05, 0) is 12.5 Å². The number of anilines is 1. The van der Waals surface area contributed by atoms with Crippen LogP contribution in [0.2, 0.25) is 0 Å². The van der Waals surface area contributed by atoms with E-state index in [1.165, 1.54) is 6.07 Å². The average molecular weight is 328 g/mol. The van der Waals surface area contributed by atoms with Crippen LogP contribution >= 0.6 is 0 Å². The highest BCUT2D eigenvalue weighted by molar-refractivity contribution is 5.90. The van der Waals surface area contributed by atoms with Crippen molar-refractivity contribution in [3.63, 3.8) is 0 Å². The number of hydrogen-bond donors (Lipinski definition) is 1. The molecule has 1 aromatic heterocycles. The summed E-state index contributed by atoms with van der Waals surface area (Å²) < 4.78 is 48.5. The Hall–Kier alpha value is -2.35. The third-order valence-electron chi connectivity index (χ3n) is 2.94. The number of aryl methyl sites for hydroxylation is 1. The van der Waals surface area contributed by atoms with E-state index in [1.807, 2.05) is 0 Å². The number of rotatable bonds is 6. The normalized spacial score (nSPS) is 12.9. The smallest absolute Gasteiger partial charge is 0.360 e. The summed E-state index contributed by atoms with van der Waals surface area (Å²) in [6.07, 6.45) is -6.99. The van der Waals surface area contributed by atoms with E-state index >= 15 is 0 Å². The van der Waals surface area contributed by atoms with Crippen molar-refractivity contribution >= 4 is 11.7 Å². The minimum atomic E-state index is -4.57. The van der Waals surface area contributed by atoms with Crippen molar-refractivity contribution in [3.8, 4) is 0 Å². The van der Waals surface area contributed by atoms with Crippen LogP contribution in [0.15, 0.2) is 40.9 Å². The first-order chi connectivity index (χ1) is 10.8. The van der Waals surface area contributed by atoms with Gasteiger partial charge in [-0.2, -0.15) is 13.2 Å². The third-order valence-corrected chi connectivity index (χ3v) is 2.94. The predicted molar refractivity (Wildman–Crippen MR) is 75.8 cm³/mol. The molecule has 0 radical (unpaired) electrons. The molecule has 1 aromatic carbocycles. The van der Waals surface area contributed by atoms with Gasteiger partial charge in [0, 0.05) is 12.5 Å². The van der Waals surface area contributed by atoms with Gasteiger partial charge in [-0.15, -0.1) is 0 Å². The van der Waals surface area contributed by atoms with E-state index in [9.17, 15) is 18.0 Å². The zero-order chi connectivity index (χ0) is 16.9. The standard InChI is InChI=1S/C15H15F3N2O3/c1-10-7-13(20-23-10)19-14(21)9-22-12(15(16,17)18)8-11-5-3-2-4-6-11/h2-7,12H,8-9H2,1H3,(H,19,20,21)/t12-/m1/s1. The lowest BCUT2D eigenvalue weighted by atomic mass is 10.1. The topological polar surface area (TPSA) is 64.4 Å². The second-order valence-electron chi connectivity index (χ2n) is 4.90. The van der Waals surface area contributed by atoms with E-state index in [2.05, 4.69) is 10.5 Å². The van der Waals surface area contributed by atoms with Crippen LogP contribution in [0.4, 0.5) is 19.0 Å².